The molecule has 0 bridgehead atoms. The first-order valence-electron chi connectivity index (χ1n) is 9.06. The van der Waals surface area contributed by atoms with Crippen molar-refractivity contribution in [2.75, 3.05) is 18.5 Å². The van der Waals surface area contributed by atoms with E-state index in [2.05, 4.69) is 12.2 Å². The molecule has 0 saturated carbocycles. The zero-order valence-electron chi connectivity index (χ0n) is 16.0. The van der Waals surface area contributed by atoms with Crippen LogP contribution < -0.4 is 14.8 Å². The molecule has 0 saturated heterocycles. The first kappa shape index (κ1) is 19.6. The number of aryl methyl sites for hydroxylation is 2. The van der Waals surface area contributed by atoms with E-state index in [4.69, 9.17) is 9.47 Å². The molecule has 0 atom stereocenters. The second kappa shape index (κ2) is 9.66. The van der Waals surface area contributed by atoms with Crippen molar-refractivity contribution in [2.45, 2.75) is 34.1 Å². The maximum Gasteiger partial charge on any atom is 0.248 e. The third-order valence-corrected chi connectivity index (χ3v) is 3.98. The summed E-state index contributed by atoms with van der Waals surface area (Å²) in [6.45, 7) is 9.08. The summed E-state index contributed by atoms with van der Waals surface area (Å²) in [6, 6.07) is 11.7. The molecule has 0 spiro atoms. The Morgan fingerprint density at radius 1 is 1.04 bits per heavy atom. The van der Waals surface area contributed by atoms with Gasteiger partial charge in [-0.3, -0.25) is 4.79 Å². The molecule has 2 aromatic carbocycles. The zero-order valence-corrected chi connectivity index (χ0v) is 16.0. The van der Waals surface area contributed by atoms with Crippen molar-refractivity contribution in [2.24, 2.45) is 0 Å². The van der Waals surface area contributed by atoms with Crippen LogP contribution in [0.5, 0.6) is 11.5 Å². The zero-order chi connectivity index (χ0) is 18.9. The molecule has 1 amide bonds. The van der Waals surface area contributed by atoms with Gasteiger partial charge < -0.3 is 14.8 Å². The highest BCUT2D eigenvalue weighted by Gasteiger charge is 2.07. The minimum absolute atomic E-state index is 0.152. The Morgan fingerprint density at radius 2 is 1.77 bits per heavy atom. The summed E-state index contributed by atoms with van der Waals surface area (Å²) in [5, 5.41) is 2.99. The van der Waals surface area contributed by atoms with E-state index in [1.165, 1.54) is 6.08 Å². The molecule has 26 heavy (non-hydrogen) atoms. The van der Waals surface area contributed by atoms with Gasteiger partial charge in [0.15, 0.2) is 11.5 Å². The average molecular weight is 353 g/mol. The lowest BCUT2D eigenvalue weighted by molar-refractivity contribution is -0.111. The van der Waals surface area contributed by atoms with Gasteiger partial charge in [0.05, 0.1) is 13.2 Å². The van der Waals surface area contributed by atoms with Crippen molar-refractivity contribution in [3.8, 4) is 11.5 Å². The van der Waals surface area contributed by atoms with Crippen LogP contribution in [0.4, 0.5) is 5.69 Å². The van der Waals surface area contributed by atoms with E-state index in [0.29, 0.717) is 24.7 Å². The fourth-order valence-corrected chi connectivity index (χ4v) is 2.71. The van der Waals surface area contributed by atoms with Crippen LogP contribution in [-0.4, -0.2) is 19.1 Å². The molecule has 0 aliphatic rings. The number of ether oxygens (including phenoxy) is 2. The molecular formula is C22H27NO3. The summed E-state index contributed by atoms with van der Waals surface area (Å²) in [4.78, 5) is 12.3. The number of anilines is 1. The third-order valence-electron chi connectivity index (χ3n) is 3.98. The standard InChI is InChI=1S/C22H27NO3/c1-5-18-10-8-9-16(4)22(18)23-21(24)14-12-17-11-13-19(25-6-2)20(15-17)26-7-3/h8-15H,5-7H2,1-4H3,(H,23,24)/b14-12+. The number of amides is 1. The minimum atomic E-state index is -0.152. The Hall–Kier alpha value is -2.75. The average Bonchev–Trinajstić information content (AvgIpc) is 2.64. The largest absolute Gasteiger partial charge is 0.490 e. The molecule has 1 N–H and O–H groups in total. The van der Waals surface area contributed by atoms with Gasteiger partial charge >= 0.3 is 0 Å². The Balaban J connectivity index is 2.14. The number of carbonyl (C=O) groups is 1. The normalized spacial score (nSPS) is 10.8. The molecule has 0 unspecified atom stereocenters. The number of benzene rings is 2. The van der Waals surface area contributed by atoms with Gasteiger partial charge in [0.2, 0.25) is 5.91 Å². The van der Waals surface area contributed by atoms with Gasteiger partial charge in [0.25, 0.3) is 0 Å². The van der Waals surface area contributed by atoms with Crippen LogP contribution in [0.3, 0.4) is 0 Å². The summed E-state index contributed by atoms with van der Waals surface area (Å²) < 4.78 is 11.2. The monoisotopic (exact) mass is 353 g/mol. The molecule has 0 aliphatic carbocycles. The Bertz CT molecular complexity index is 781. The number of rotatable bonds is 8. The van der Waals surface area contributed by atoms with Crippen molar-refractivity contribution in [1.82, 2.24) is 0 Å². The predicted octanol–water partition coefficient (Wildman–Crippen LogP) is 5.01. The van der Waals surface area contributed by atoms with E-state index in [9.17, 15) is 4.79 Å². The fourth-order valence-electron chi connectivity index (χ4n) is 2.71. The van der Waals surface area contributed by atoms with E-state index in [1.807, 2.05) is 57.2 Å². The van der Waals surface area contributed by atoms with Gasteiger partial charge in [-0.2, -0.15) is 0 Å². The molecule has 0 aromatic heterocycles. The maximum absolute atomic E-state index is 12.3. The quantitative estimate of drug-likeness (QED) is 0.679. The highest BCUT2D eigenvalue weighted by Crippen LogP contribution is 2.29. The van der Waals surface area contributed by atoms with Crippen LogP contribution in [0.15, 0.2) is 42.5 Å². The van der Waals surface area contributed by atoms with Crippen molar-refractivity contribution in [3.63, 3.8) is 0 Å². The summed E-state index contributed by atoms with van der Waals surface area (Å²) >= 11 is 0. The van der Waals surface area contributed by atoms with Gasteiger partial charge in [0, 0.05) is 11.8 Å². The van der Waals surface area contributed by atoms with E-state index >= 15 is 0 Å². The molecule has 138 valence electrons. The minimum Gasteiger partial charge on any atom is -0.490 e. The molecular weight excluding hydrogens is 326 g/mol. The first-order chi connectivity index (χ1) is 12.6. The van der Waals surface area contributed by atoms with Gasteiger partial charge in [-0.05, 0) is 62.1 Å². The number of hydrogen-bond acceptors (Lipinski definition) is 3. The predicted molar refractivity (Wildman–Crippen MR) is 107 cm³/mol. The fraction of sp³-hybridized carbons (Fsp3) is 0.318. The lowest BCUT2D eigenvalue weighted by atomic mass is 10.1. The van der Waals surface area contributed by atoms with Crippen LogP contribution in [0.25, 0.3) is 6.08 Å². The first-order valence-corrected chi connectivity index (χ1v) is 9.06. The molecule has 0 fully saturated rings. The van der Waals surface area contributed by atoms with E-state index in [0.717, 1.165) is 28.8 Å². The molecule has 4 nitrogen and oxygen atoms in total. The summed E-state index contributed by atoms with van der Waals surface area (Å²) in [5.41, 5.74) is 3.97. The highest BCUT2D eigenvalue weighted by atomic mass is 16.5. The van der Waals surface area contributed by atoms with Crippen LogP contribution in [-0.2, 0) is 11.2 Å². The Labute approximate surface area is 155 Å². The summed E-state index contributed by atoms with van der Waals surface area (Å²) in [6.07, 6.45) is 4.19. The van der Waals surface area contributed by atoms with Gasteiger partial charge in [-0.15, -0.1) is 0 Å². The number of hydrogen-bond donors (Lipinski definition) is 1. The van der Waals surface area contributed by atoms with Gasteiger partial charge in [-0.25, -0.2) is 0 Å². The van der Waals surface area contributed by atoms with Gasteiger partial charge in [-0.1, -0.05) is 31.2 Å². The van der Waals surface area contributed by atoms with E-state index in [-0.39, 0.29) is 5.91 Å². The highest BCUT2D eigenvalue weighted by molar-refractivity contribution is 6.02. The number of carbonyl (C=O) groups excluding carboxylic acids is 1. The third kappa shape index (κ3) is 5.12. The van der Waals surface area contributed by atoms with Crippen LogP contribution in [0.1, 0.15) is 37.5 Å². The summed E-state index contributed by atoms with van der Waals surface area (Å²) in [7, 11) is 0. The number of para-hydroxylation sites is 1. The Morgan fingerprint density at radius 3 is 2.46 bits per heavy atom. The molecule has 2 rings (SSSR count). The van der Waals surface area contributed by atoms with Crippen LogP contribution >= 0.6 is 0 Å². The van der Waals surface area contributed by atoms with Crippen molar-refractivity contribution in [1.29, 1.82) is 0 Å². The van der Waals surface area contributed by atoms with E-state index < -0.39 is 0 Å². The molecule has 2 aromatic rings. The smallest absolute Gasteiger partial charge is 0.248 e. The van der Waals surface area contributed by atoms with Crippen molar-refractivity contribution in [3.05, 3.63) is 59.2 Å². The van der Waals surface area contributed by atoms with Crippen LogP contribution in [0.2, 0.25) is 0 Å². The second-order valence-corrected chi connectivity index (χ2v) is 5.86. The van der Waals surface area contributed by atoms with E-state index in [1.54, 1.807) is 6.08 Å². The van der Waals surface area contributed by atoms with Crippen LogP contribution in [0, 0.1) is 6.92 Å². The van der Waals surface area contributed by atoms with Crippen molar-refractivity contribution >= 4 is 17.7 Å². The Kier molecular flexibility index (Phi) is 7.27. The molecule has 4 heteroatoms. The topological polar surface area (TPSA) is 47.6 Å². The maximum atomic E-state index is 12.3. The lowest BCUT2D eigenvalue weighted by Crippen LogP contribution is -2.11. The molecule has 0 heterocycles. The lowest BCUT2D eigenvalue weighted by Gasteiger charge is -2.12. The molecule has 0 aliphatic heterocycles. The van der Waals surface area contributed by atoms with Gasteiger partial charge in [0.1, 0.15) is 0 Å². The molecule has 0 radical (unpaired) electrons. The summed E-state index contributed by atoms with van der Waals surface area (Å²) in [5.74, 6) is 1.24. The number of nitrogens with one attached hydrogen (secondary N) is 1. The second-order valence-electron chi connectivity index (χ2n) is 5.86. The van der Waals surface area contributed by atoms with Crippen molar-refractivity contribution < 1.29 is 14.3 Å². The SMILES string of the molecule is CCOc1ccc(/C=C/C(=O)Nc2c(C)cccc2CC)cc1OCC.